The van der Waals surface area contributed by atoms with Crippen LogP contribution in [0.15, 0.2) is 30.0 Å². The fourth-order valence-electron chi connectivity index (χ4n) is 1.19. The summed E-state index contributed by atoms with van der Waals surface area (Å²) in [4.78, 5) is 13.3. The molecule has 0 bridgehead atoms. The van der Waals surface area contributed by atoms with Crippen LogP contribution >= 0.6 is 0 Å². The molecule has 0 unspecified atom stereocenters. The third kappa shape index (κ3) is 3.11. The number of benzene rings is 1. The van der Waals surface area contributed by atoms with Crippen molar-refractivity contribution in [3.05, 3.63) is 47.2 Å². The molecule has 1 aromatic carbocycles. The maximum absolute atomic E-state index is 12.9. The van der Waals surface area contributed by atoms with Crippen molar-refractivity contribution in [1.29, 1.82) is 5.26 Å². The van der Waals surface area contributed by atoms with Crippen LogP contribution in [0.1, 0.15) is 10.4 Å². The van der Waals surface area contributed by atoms with Gasteiger partial charge >= 0.3 is 0 Å². The van der Waals surface area contributed by atoms with E-state index in [4.69, 9.17) is 5.26 Å². The first-order chi connectivity index (χ1) is 7.95. The Morgan fingerprint density at radius 1 is 1.35 bits per heavy atom. The molecule has 0 fully saturated rings. The van der Waals surface area contributed by atoms with E-state index in [2.05, 4.69) is 0 Å². The standard InChI is InChI=1S/C12H10F2N2O/c1-16(2)7-9(6-15)12(17)8-3-4-10(13)11(14)5-8/h3-5,7H,1-2H3/b9-7+. The normalized spacial score (nSPS) is 10.9. The number of ketones is 1. The summed E-state index contributed by atoms with van der Waals surface area (Å²) in [5, 5.41) is 8.80. The second kappa shape index (κ2) is 5.21. The van der Waals surface area contributed by atoms with Gasteiger partial charge in [-0.1, -0.05) is 0 Å². The summed E-state index contributed by atoms with van der Waals surface area (Å²) >= 11 is 0. The van der Waals surface area contributed by atoms with E-state index in [-0.39, 0.29) is 11.1 Å². The van der Waals surface area contributed by atoms with Crippen molar-refractivity contribution in [2.24, 2.45) is 0 Å². The number of nitriles is 1. The van der Waals surface area contributed by atoms with Gasteiger partial charge in [-0.3, -0.25) is 4.79 Å². The maximum Gasteiger partial charge on any atom is 0.205 e. The highest BCUT2D eigenvalue weighted by Gasteiger charge is 2.14. The first kappa shape index (κ1) is 12.8. The zero-order valence-electron chi connectivity index (χ0n) is 9.37. The van der Waals surface area contributed by atoms with Crippen LogP contribution in [0.4, 0.5) is 8.78 Å². The van der Waals surface area contributed by atoms with Crippen molar-refractivity contribution in [2.45, 2.75) is 0 Å². The molecule has 0 N–H and O–H groups in total. The largest absolute Gasteiger partial charge is 0.382 e. The number of hydrogen-bond acceptors (Lipinski definition) is 3. The Labute approximate surface area is 97.6 Å². The van der Waals surface area contributed by atoms with Crippen LogP contribution < -0.4 is 0 Å². The van der Waals surface area contributed by atoms with Gasteiger partial charge < -0.3 is 4.90 Å². The van der Waals surface area contributed by atoms with Gasteiger partial charge in [0.15, 0.2) is 11.6 Å². The summed E-state index contributed by atoms with van der Waals surface area (Å²) in [6.45, 7) is 0. The molecule has 0 radical (unpaired) electrons. The highest BCUT2D eigenvalue weighted by molar-refractivity contribution is 6.11. The molecule has 0 spiro atoms. The molecule has 0 heterocycles. The van der Waals surface area contributed by atoms with Gasteiger partial charge in [0.05, 0.1) is 0 Å². The van der Waals surface area contributed by atoms with E-state index in [1.165, 1.54) is 11.1 Å². The molecule has 0 amide bonds. The Balaban J connectivity index is 3.12. The summed E-state index contributed by atoms with van der Waals surface area (Å²) in [7, 11) is 3.30. The van der Waals surface area contributed by atoms with Crippen molar-refractivity contribution in [3.8, 4) is 6.07 Å². The highest BCUT2D eigenvalue weighted by Crippen LogP contribution is 2.13. The van der Waals surface area contributed by atoms with E-state index in [1.807, 2.05) is 0 Å². The number of hydrogen-bond donors (Lipinski definition) is 0. The van der Waals surface area contributed by atoms with Gasteiger partial charge in [-0.15, -0.1) is 0 Å². The summed E-state index contributed by atoms with van der Waals surface area (Å²) in [6.07, 6.45) is 1.32. The number of carbonyl (C=O) groups excluding carboxylic acids is 1. The third-order valence-corrected chi connectivity index (χ3v) is 1.93. The highest BCUT2D eigenvalue weighted by atomic mass is 19.2. The van der Waals surface area contributed by atoms with Crippen LogP contribution in [0.5, 0.6) is 0 Å². The molecule has 1 rings (SSSR count). The molecular formula is C12H10F2N2O. The number of rotatable bonds is 3. The fourth-order valence-corrected chi connectivity index (χ4v) is 1.19. The predicted octanol–water partition coefficient (Wildman–Crippen LogP) is 2.12. The van der Waals surface area contributed by atoms with E-state index in [1.54, 1.807) is 20.2 Å². The number of halogens is 2. The predicted molar refractivity (Wildman–Crippen MR) is 58.1 cm³/mol. The quantitative estimate of drug-likeness (QED) is 0.458. The van der Waals surface area contributed by atoms with Gasteiger partial charge in [0.1, 0.15) is 11.6 Å². The SMILES string of the molecule is CN(C)/C=C(\C#N)C(=O)c1ccc(F)c(F)c1. The lowest BCUT2D eigenvalue weighted by atomic mass is 10.0. The minimum Gasteiger partial charge on any atom is -0.382 e. The van der Waals surface area contributed by atoms with Crippen molar-refractivity contribution in [1.82, 2.24) is 4.90 Å². The lowest BCUT2D eigenvalue weighted by molar-refractivity contribution is 0.103. The first-order valence-electron chi connectivity index (χ1n) is 4.74. The zero-order chi connectivity index (χ0) is 13.0. The number of carbonyl (C=O) groups is 1. The molecule has 88 valence electrons. The Hall–Kier alpha value is -2.22. The zero-order valence-corrected chi connectivity index (χ0v) is 9.37. The Morgan fingerprint density at radius 3 is 2.47 bits per heavy atom. The van der Waals surface area contributed by atoms with Crippen LogP contribution in [0.3, 0.4) is 0 Å². The fraction of sp³-hybridized carbons (Fsp3) is 0.167. The molecule has 5 heteroatoms. The number of nitrogens with zero attached hydrogens (tertiary/aromatic N) is 2. The van der Waals surface area contributed by atoms with Gasteiger partial charge in [0.25, 0.3) is 0 Å². The van der Waals surface area contributed by atoms with Crippen molar-refractivity contribution in [3.63, 3.8) is 0 Å². The minimum atomic E-state index is -1.11. The molecule has 0 saturated heterocycles. The molecule has 0 atom stereocenters. The third-order valence-electron chi connectivity index (χ3n) is 1.93. The Kier molecular flexibility index (Phi) is 3.94. The molecular weight excluding hydrogens is 226 g/mol. The average molecular weight is 236 g/mol. The molecule has 3 nitrogen and oxygen atoms in total. The summed E-state index contributed by atoms with van der Waals surface area (Å²) < 4.78 is 25.6. The molecule has 1 aromatic rings. The average Bonchev–Trinajstić information content (AvgIpc) is 2.28. The molecule has 0 aliphatic carbocycles. The minimum absolute atomic E-state index is 0.0569. The topological polar surface area (TPSA) is 44.1 Å². The smallest absolute Gasteiger partial charge is 0.205 e. The van der Waals surface area contributed by atoms with E-state index >= 15 is 0 Å². The van der Waals surface area contributed by atoms with Crippen molar-refractivity contribution in [2.75, 3.05) is 14.1 Å². The lowest BCUT2D eigenvalue weighted by Crippen LogP contribution is -2.09. The molecule has 17 heavy (non-hydrogen) atoms. The van der Waals surface area contributed by atoms with E-state index < -0.39 is 17.4 Å². The summed E-state index contributed by atoms with van der Waals surface area (Å²) in [5.41, 5.74) is -0.195. The second-order valence-electron chi connectivity index (χ2n) is 3.58. The molecule has 0 saturated carbocycles. The van der Waals surface area contributed by atoms with Gasteiger partial charge in [-0.25, -0.2) is 8.78 Å². The van der Waals surface area contributed by atoms with E-state index in [0.717, 1.165) is 18.2 Å². The van der Waals surface area contributed by atoms with Crippen LogP contribution in [0.2, 0.25) is 0 Å². The van der Waals surface area contributed by atoms with Crippen LogP contribution in [-0.2, 0) is 0 Å². The van der Waals surface area contributed by atoms with E-state index in [0.29, 0.717) is 0 Å². The Bertz CT molecular complexity index is 516. The lowest BCUT2D eigenvalue weighted by Gasteiger charge is -2.06. The second-order valence-corrected chi connectivity index (χ2v) is 3.58. The van der Waals surface area contributed by atoms with Crippen LogP contribution in [0, 0.1) is 23.0 Å². The summed E-state index contributed by atoms with van der Waals surface area (Å²) in [6, 6.07) is 4.49. The summed E-state index contributed by atoms with van der Waals surface area (Å²) in [5.74, 6) is -2.78. The van der Waals surface area contributed by atoms with Crippen molar-refractivity contribution >= 4 is 5.78 Å². The molecule has 0 aliphatic heterocycles. The van der Waals surface area contributed by atoms with Gasteiger partial charge in [0.2, 0.25) is 5.78 Å². The van der Waals surface area contributed by atoms with Gasteiger partial charge in [-0.2, -0.15) is 5.26 Å². The van der Waals surface area contributed by atoms with Crippen LogP contribution in [0.25, 0.3) is 0 Å². The number of allylic oxidation sites excluding steroid dienone is 1. The van der Waals surface area contributed by atoms with Gasteiger partial charge in [-0.05, 0) is 18.2 Å². The van der Waals surface area contributed by atoms with E-state index in [9.17, 15) is 13.6 Å². The molecule has 0 aromatic heterocycles. The maximum atomic E-state index is 12.9. The number of Topliss-reactive ketones (excluding diaryl/α,β-unsaturated/α-hetero) is 1. The Morgan fingerprint density at radius 2 is 2.00 bits per heavy atom. The van der Waals surface area contributed by atoms with Crippen LogP contribution in [-0.4, -0.2) is 24.8 Å². The van der Waals surface area contributed by atoms with Gasteiger partial charge in [0, 0.05) is 25.9 Å². The first-order valence-corrected chi connectivity index (χ1v) is 4.74. The van der Waals surface area contributed by atoms with Crippen molar-refractivity contribution < 1.29 is 13.6 Å². The molecule has 0 aliphatic rings. The monoisotopic (exact) mass is 236 g/mol.